The van der Waals surface area contributed by atoms with Crippen LogP contribution in [0.3, 0.4) is 0 Å². The standard InChI is InChI=1S/C18H30O4/c1-2-3-11-16(19)14-15-17(20)12-9-7-5-4-6-8-10-13-18(21)22/h9,12,16-17,19-20H,2-8,10-11,13H2,1H3,(H,21,22)/b12-9-/t16-,17+/m1/s1. The molecule has 0 saturated heterocycles. The fraction of sp³-hybridized carbons (Fsp3) is 0.722. The number of unbranched alkanes of at least 4 members (excludes halogenated alkanes) is 6. The highest BCUT2D eigenvalue weighted by atomic mass is 16.4. The van der Waals surface area contributed by atoms with Gasteiger partial charge in [0.15, 0.2) is 0 Å². The second-order valence-electron chi connectivity index (χ2n) is 5.52. The molecule has 2 atom stereocenters. The van der Waals surface area contributed by atoms with Gasteiger partial charge in [-0.15, -0.1) is 0 Å². The van der Waals surface area contributed by atoms with E-state index in [-0.39, 0.29) is 6.42 Å². The van der Waals surface area contributed by atoms with Gasteiger partial charge in [-0.2, -0.15) is 0 Å². The van der Waals surface area contributed by atoms with Crippen molar-refractivity contribution in [3.05, 3.63) is 12.2 Å². The van der Waals surface area contributed by atoms with Crippen LogP contribution in [0.4, 0.5) is 0 Å². The van der Waals surface area contributed by atoms with Crippen molar-refractivity contribution < 1.29 is 20.1 Å². The van der Waals surface area contributed by atoms with E-state index in [0.29, 0.717) is 6.42 Å². The molecule has 4 heteroatoms. The van der Waals surface area contributed by atoms with Crippen molar-refractivity contribution in [3.8, 4) is 11.8 Å². The molecule has 0 rings (SSSR count). The topological polar surface area (TPSA) is 77.8 Å². The van der Waals surface area contributed by atoms with Crippen LogP contribution in [0.2, 0.25) is 0 Å². The number of carboxylic acids is 1. The SMILES string of the molecule is CCCC[C@@H](O)C#C[C@@H](O)/C=C\CCCCCCCC(=O)O. The van der Waals surface area contributed by atoms with E-state index in [4.69, 9.17) is 5.11 Å². The first-order valence-corrected chi connectivity index (χ1v) is 8.32. The molecule has 0 aliphatic carbocycles. The summed E-state index contributed by atoms with van der Waals surface area (Å²) in [5.74, 6) is 4.57. The van der Waals surface area contributed by atoms with Crippen LogP contribution in [0.5, 0.6) is 0 Å². The number of carboxylic acid groups (broad SMARTS) is 1. The average Bonchev–Trinajstić information content (AvgIpc) is 2.48. The van der Waals surface area contributed by atoms with E-state index in [1.54, 1.807) is 6.08 Å². The van der Waals surface area contributed by atoms with Crippen LogP contribution in [0.15, 0.2) is 12.2 Å². The molecule has 0 amide bonds. The molecule has 0 unspecified atom stereocenters. The number of rotatable bonds is 12. The smallest absolute Gasteiger partial charge is 0.303 e. The van der Waals surface area contributed by atoms with Crippen molar-refractivity contribution in [2.45, 2.75) is 83.3 Å². The maximum atomic E-state index is 10.3. The van der Waals surface area contributed by atoms with Crippen LogP contribution in [0, 0.1) is 11.8 Å². The Morgan fingerprint density at radius 2 is 1.73 bits per heavy atom. The highest BCUT2D eigenvalue weighted by Gasteiger charge is 1.98. The number of aliphatic hydroxyl groups excluding tert-OH is 2. The van der Waals surface area contributed by atoms with Gasteiger partial charge in [-0.25, -0.2) is 0 Å². The minimum atomic E-state index is -0.813. The zero-order valence-corrected chi connectivity index (χ0v) is 13.6. The minimum absolute atomic E-state index is 0.259. The number of hydrogen-bond donors (Lipinski definition) is 3. The lowest BCUT2D eigenvalue weighted by Gasteiger charge is -2.01. The van der Waals surface area contributed by atoms with E-state index in [0.717, 1.165) is 51.4 Å². The van der Waals surface area contributed by atoms with Crippen molar-refractivity contribution >= 4 is 5.97 Å². The van der Waals surface area contributed by atoms with E-state index < -0.39 is 18.2 Å². The lowest BCUT2D eigenvalue weighted by Crippen LogP contribution is -2.05. The van der Waals surface area contributed by atoms with Crippen LogP contribution in [-0.2, 0) is 4.79 Å². The van der Waals surface area contributed by atoms with Crippen LogP contribution in [-0.4, -0.2) is 33.5 Å². The third-order valence-electron chi connectivity index (χ3n) is 3.31. The fourth-order valence-corrected chi connectivity index (χ4v) is 1.99. The van der Waals surface area contributed by atoms with E-state index >= 15 is 0 Å². The van der Waals surface area contributed by atoms with Crippen LogP contribution in [0.25, 0.3) is 0 Å². The summed E-state index contributed by atoms with van der Waals surface area (Å²) in [4.78, 5) is 10.3. The number of aliphatic carboxylic acids is 1. The van der Waals surface area contributed by atoms with Gasteiger partial charge >= 0.3 is 5.97 Å². The summed E-state index contributed by atoms with van der Waals surface area (Å²) in [6, 6.07) is 0. The Bertz CT molecular complexity index is 365. The summed E-state index contributed by atoms with van der Waals surface area (Å²) in [7, 11) is 0. The summed E-state index contributed by atoms with van der Waals surface area (Å²) in [5.41, 5.74) is 0. The maximum absolute atomic E-state index is 10.3. The Morgan fingerprint density at radius 3 is 2.41 bits per heavy atom. The zero-order valence-electron chi connectivity index (χ0n) is 13.6. The predicted molar refractivity (Wildman–Crippen MR) is 88.4 cm³/mol. The van der Waals surface area contributed by atoms with Crippen LogP contribution >= 0.6 is 0 Å². The Kier molecular flexibility index (Phi) is 13.7. The molecule has 0 aromatic rings. The molecule has 0 radical (unpaired) electrons. The molecular formula is C18H30O4. The summed E-state index contributed by atoms with van der Waals surface area (Å²) in [6.07, 6.45) is 10.7. The highest BCUT2D eigenvalue weighted by Crippen LogP contribution is 2.07. The molecule has 0 fully saturated rings. The van der Waals surface area contributed by atoms with Gasteiger partial charge in [-0.05, 0) is 31.8 Å². The van der Waals surface area contributed by atoms with Crippen molar-refractivity contribution in [1.29, 1.82) is 0 Å². The lowest BCUT2D eigenvalue weighted by molar-refractivity contribution is -0.137. The number of hydrogen-bond acceptors (Lipinski definition) is 3. The lowest BCUT2D eigenvalue weighted by atomic mass is 10.1. The number of allylic oxidation sites excluding steroid dienone is 1. The summed E-state index contributed by atoms with van der Waals surface area (Å²) < 4.78 is 0. The molecule has 0 heterocycles. The van der Waals surface area contributed by atoms with Crippen LogP contribution < -0.4 is 0 Å². The molecule has 0 bridgehead atoms. The molecular weight excluding hydrogens is 280 g/mol. The van der Waals surface area contributed by atoms with E-state index in [1.807, 2.05) is 6.08 Å². The summed E-state index contributed by atoms with van der Waals surface area (Å²) in [5, 5.41) is 27.7. The molecule has 0 spiro atoms. The van der Waals surface area contributed by atoms with Gasteiger partial charge < -0.3 is 15.3 Å². The summed E-state index contributed by atoms with van der Waals surface area (Å²) in [6.45, 7) is 2.06. The largest absolute Gasteiger partial charge is 0.481 e. The van der Waals surface area contributed by atoms with Gasteiger partial charge in [0, 0.05) is 6.42 Å². The average molecular weight is 310 g/mol. The van der Waals surface area contributed by atoms with Gasteiger partial charge in [0.1, 0.15) is 12.2 Å². The molecule has 4 nitrogen and oxygen atoms in total. The summed E-state index contributed by atoms with van der Waals surface area (Å²) >= 11 is 0. The third kappa shape index (κ3) is 15.1. The normalized spacial score (nSPS) is 13.6. The minimum Gasteiger partial charge on any atom is -0.481 e. The maximum Gasteiger partial charge on any atom is 0.303 e. The molecule has 22 heavy (non-hydrogen) atoms. The van der Waals surface area contributed by atoms with Gasteiger partial charge in [0.2, 0.25) is 0 Å². The Balaban J connectivity index is 3.59. The molecule has 0 aliphatic rings. The van der Waals surface area contributed by atoms with Crippen molar-refractivity contribution in [1.82, 2.24) is 0 Å². The van der Waals surface area contributed by atoms with Crippen molar-refractivity contribution in [3.63, 3.8) is 0 Å². The molecule has 3 N–H and O–H groups in total. The molecule has 0 aromatic carbocycles. The highest BCUT2D eigenvalue weighted by molar-refractivity contribution is 5.66. The third-order valence-corrected chi connectivity index (χ3v) is 3.31. The van der Waals surface area contributed by atoms with Gasteiger partial charge in [0.05, 0.1) is 0 Å². The second kappa shape index (κ2) is 14.6. The first-order valence-electron chi connectivity index (χ1n) is 8.32. The molecule has 0 aliphatic heterocycles. The van der Waals surface area contributed by atoms with E-state index in [1.165, 1.54) is 0 Å². The van der Waals surface area contributed by atoms with E-state index in [9.17, 15) is 15.0 Å². The van der Waals surface area contributed by atoms with E-state index in [2.05, 4.69) is 18.8 Å². The van der Waals surface area contributed by atoms with Crippen LogP contribution in [0.1, 0.15) is 71.1 Å². The second-order valence-corrected chi connectivity index (χ2v) is 5.52. The van der Waals surface area contributed by atoms with Gasteiger partial charge in [-0.3, -0.25) is 4.79 Å². The van der Waals surface area contributed by atoms with Crippen molar-refractivity contribution in [2.24, 2.45) is 0 Å². The van der Waals surface area contributed by atoms with Crippen molar-refractivity contribution in [2.75, 3.05) is 0 Å². The Morgan fingerprint density at radius 1 is 1.05 bits per heavy atom. The predicted octanol–water partition coefficient (Wildman–Crippen LogP) is 3.27. The Labute approximate surface area is 134 Å². The van der Waals surface area contributed by atoms with Gasteiger partial charge in [-0.1, -0.05) is 56.9 Å². The molecule has 0 saturated carbocycles. The van der Waals surface area contributed by atoms with Gasteiger partial charge in [0.25, 0.3) is 0 Å². The quantitative estimate of drug-likeness (QED) is 0.294. The fourth-order valence-electron chi connectivity index (χ4n) is 1.99. The Hall–Kier alpha value is -1.31. The first kappa shape index (κ1) is 20.7. The zero-order chi connectivity index (χ0) is 16.6. The first-order chi connectivity index (χ1) is 10.6. The monoisotopic (exact) mass is 310 g/mol. The molecule has 0 aromatic heterocycles. The number of carbonyl (C=O) groups is 1. The number of aliphatic hydroxyl groups is 2. The molecule has 126 valence electrons.